The average Bonchev–Trinajstić information content (AvgIpc) is 2.32. The number of hydrogen-bond acceptors (Lipinski definition) is 2. The molecule has 18 heavy (non-hydrogen) atoms. The van der Waals surface area contributed by atoms with Gasteiger partial charge in [0, 0.05) is 23.3 Å². The molecule has 2 aromatic rings. The number of anilines is 3. The number of nitrogens with zero attached hydrogens (tertiary/aromatic N) is 1. The van der Waals surface area contributed by atoms with Gasteiger partial charge in [-0.15, -0.1) is 0 Å². The van der Waals surface area contributed by atoms with Crippen LogP contribution < -0.4 is 10.6 Å². The van der Waals surface area contributed by atoms with E-state index in [2.05, 4.69) is 15.9 Å². The molecule has 2 rings (SSSR count). The molecular weight excluding hydrogens is 302 g/mol. The van der Waals surface area contributed by atoms with Crippen molar-refractivity contribution >= 4 is 33.0 Å². The number of nitrogen functional groups attached to an aromatic ring is 1. The molecule has 0 bridgehead atoms. The van der Waals surface area contributed by atoms with Crippen molar-refractivity contribution in [3.8, 4) is 0 Å². The lowest BCUT2D eigenvalue weighted by Crippen LogP contribution is -2.12. The highest BCUT2D eigenvalue weighted by Crippen LogP contribution is 2.31. The van der Waals surface area contributed by atoms with Gasteiger partial charge in [-0.2, -0.15) is 0 Å². The summed E-state index contributed by atoms with van der Waals surface area (Å²) in [6.45, 7) is 0. The molecule has 0 radical (unpaired) electrons. The van der Waals surface area contributed by atoms with E-state index in [0.717, 1.165) is 22.3 Å². The number of hydrogen-bond donors (Lipinski definition) is 1. The summed E-state index contributed by atoms with van der Waals surface area (Å²) >= 11 is 3.31. The van der Waals surface area contributed by atoms with Crippen LogP contribution in [0.25, 0.3) is 0 Å². The lowest BCUT2D eigenvalue weighted by atomic mass is 10.2. The minimum Gasteiger partial charge on any atom is -0.397 e. The van der Waals surface area contributed by atoms with Gasteiger partial charge in [-0.3, -0.25) is 0 Å². The van der Waals surface area contributed by atoms with Crippen LogP contribution in [-0.4, -0.2) is 7.05 Å². The minimum absolute atomic E-state index is 0.530. The molecule has 0 spiro atoms. The second-order valence-electron chi connectivity index (χ2n) is 3.86. The second kappa shape index (κ2) is 4.94. The van der Waals surface area contributed by atoms with Crippen molar-refractivity contribution in [2.24, 2.45) is 0 Å². The van der Waals surface area contributed by atoms with E-state index in [9.17, 15) is 8.78 Å². The summed E-state index contributed by atoms with van der Waals surface area (Å²) in [6, 6.07) is 9.13. The van der Waals surface area contributed by atoms with Gasteiger partial charge in [-0.25, -0.2) is 8.78 Å². The lowest BCUT2D eigenvalue weighted by Gasteiger charge is -2.21. The summed E-state index contributed by atoms with van der Waals surface area (Å²) in [5.41, 5.74) is 7.70. The highest BCUT2D eigenvalue weighted by Gasteiger charge is 2.10. The van der Waals surface area contributed by atoms with Gasteiger partial charge in [0.25, 0.3) is 0 Å². The van der Waals surface area contributed by atoms with Gasteiger partial charge in [0.15, 0.2) is 11.6 Å². The van der Waals surface area contributed by atoms with E-state index in [4.69, 9.17) is 5.73 Å². The molecule has 0 aliphatic heterocycles. The first-order valence-corrected chi connectivity index (χ1v) is 6.02. The fraction of sp³-hybridized carbons (Fsp3) is 0.0769. The summed E-state index contributed by atoms with van der Waals surface area (Å²) in [7, 11) is 1.74. The van der Waals surface area contributed by atoms with Crippen molar-refractivity contribution in [3.05, 3.63) is 52.5 Å². The van der Waals surface area contributed by atoms with Crippen molar-refractivity contribution in [2.75, 3.05) is 17.7 Å². The Balaban J connectivity index is 2.41. The second-order valence-corrected chi connectivity index (χ2v) is 4.78. The fourth-order valence-electron chi connectivity index (χ4n) is 1.66. The van der Waals surface area contributed by atoms with E-state index in [1.54, 1.807) is 24.1 Å². The van der Waals surface area contributed by atoms with Crippen LogP contribution in [0.3, 0.4) is 0 Å². The maximum atomic E-state index is 13.2. The summed E-state index contributed by atoms with van der Waals surface area (Å²) in [4.78, 5) is 1.70. The quantitative estimate of drug-likeness (QED) is 0.847. The molecule has 2 N–H and O–H groups in total. The van der Waals surface area contributed by atoms with Gasteiger partial charge in [-0.1, -0.05) is 15.9 Å². The molecular formula is C13H11BrF2N2. The first-order chi connectivity index (χ1) is 8.49. The Morgan fingerprint density at radius 2 is 1.78 bits per heavy atom. The Hall–Kier alpha value is -1.62. The highest BCUT2D eigenvalue weighted by atomic mass is 79.9. The van der Waals surface area contributed by atoms with E-state index in [1.165, 1.54) is 6.07 Å². The zero-order valence-electron chi connectivity index (χ0n) is 9.62. The molecule has 0 saturated heterocycles. The van der Waals surface area contributed by atoms with E-state index < -0.39 is 11.6 Å². The van der Waals surface area contributed by atoms with Crippen LogP contribution in [0, 0.1) is 11.6 Å². The highest BCUT2D eigenvalue weighted by molar-refractivity contribution is 9.10. The monoisotopic (exact) mass is 312 g/mol. The Morgan fingerprint density at radius 1 is 1.06 bits per heavy atom. The molecule has 0 fully saturated rings. The molecule has 0 amide bonds. The third kappa shape index (κ3) is 2.46. The van der Waals surface area contributed by atoms with E-state index in [0.29, 0.717) is 11.4 Å². The van der Waals surface area contributed by atoms with Crippen LogP contribution in [0.1, 0.15) is 0 Å². The molecule has 0 aromatic heterocycles. The standard InChI is InChI=1S/C13H11BrF2N2/c1-18(9-3-4-10(15)11(16)7-9)13-5-2-8(14)6-12(13)17/h2-7H,17H2,1H3. The molecule has 0 heterocycles. The number of halogens is 3. The summed E-state index contributed by atoms with van der Waals surface area (Å²) < 4.78 is 26.9. The van der Waals surface area contributed by atoms with E-state index in [-0.39, 0.29) is 0 Å². The van der Waals surface area contributed by atoms with Crippen LogP contribution >= 0.6 is 15.9 Å². The van der Waals surface area contributed by atoms with Gasteiger partial charge < -0.3 is 10.6 Å². The van der Waals surface area contributed by atoms with Crippen molar-refractivity contribution in [1.82, 2.24) is 0 Å². The first kappa shape index (κ1) is 12.8. The lowest BCUT2D eigenvalue weighted by molar-refractivity contribution is 0.509. The minimum atomic E-state index is -0.880. The maximum Gasteiger partial charge on any atom is 0.160 e. The summed E-state index contributed by atoms with van der Waals surface area (Å²) in [5.74, 6) is -1.74. The largest absolute Gasteiger partial charge is 0.397 e. The molecule has 0 saturated carbocycles. The molecule has 0 aliphatic rings. The third-order valence-corrected chi connectivity index (χ3v) is 3.13. The zero-order chi connectivity index (χ0) is 13.3. The predicted octanol–water partition coefficient (Wildman–Crippen LogP) is 4.08. The van der Waals surface area contributed by atoms with Gasteiger partial charge in [0.1, 0.15) is 0 Å². The normalized spacial score (nSPS) is 10.4. The average molecular weight is 313 g/mol. The van der Waals surface area contributed by atoms with Gasteiger partial charge in [0.2, 0.25) is 0 Å². The van der Waals surface area contributed by atoms with Crippen LogP contribution in [0.15, 0.2) is 40.9 Å². The topological polar surface area (TPSA) is 29.3 Å². The molecule has 94 valence electrons. The van der Waals surface area contributed by atoms with Crippen molar-refractivity contribution in [2.45, 2.75) is 0 Å². The summed E-state index contributed by atoms with van der Waals surface area (Å²) in [5, 5.41) is 0. The molecule has 2 aromatic carbocycles. The van der Waals surface area contributed by atoms with Gasteiger partial charge in [-0.05, 0) is 30.3 Å². The predicted molar refractivity (Wildman–Crippen MR) is 73.0 cm³/mol. The van der Waals surface area contributed by atoms with E-state index >= 15 is 0 Å². The number of nitrogens with two attached hydrogens (primary N) is 1. The van der Waals surface area contributed by atoms with Crippen LogP contribution in [0.5, 0.6) is 0 Å². The molecule has 5 heteroatoms. The fourth-order valence-corrected chi connectivity index (χ4v) is 2.04. The van der Waals surface area contributed by atoms with Crippen LogP contribution in [0.2, 0.25) is 0 Å². The Bertz CT molecular complexity index is 587. The Labute approximate surface area is 112 Å². The Morgan fingerprint density at radius 3 is 2.39 bits per heavy atom. The molecule has 0 atom stereocenters. The smallest absolute Gasteiger partial charge is 0.160 e. The first-order valence-electron chi connectivity index (χ1n) is 5.23. The van der Waals surface area contributed by atoms with Crippen molar-refractivity contribution < 1.29 is 8.78 Å². The number of benzene rings is 2. The van der Waals surface area contributed by atoms with Gasteiger partial charge in [0.05, 0.1) is 11.4 Å². The molecule has 0 unspecified atom stereocenters. The van der Waals surface area contributed by atoms with Crippen LogP contribution in [-0.2, 0) is 0 Å². The third-order valence-electron chi connectivity index (χ3n) is 2.64. The van der Waals surface area contributed by atoms with Crippen molar-refractivity contribution in [3.63, 3.8) is 0 Å². The molecule has 2 nitrogen and oxygen atoms in total. The number of rotatable bonds is 2. The van der Waals surface area contributed by atoms with E-state index in [1.807, 2.05) is 6.07 Å². The summed E-state index contributed by atoms with van der Waals surface area (Å²) in [6.07, 6.45) is 0. The van der Waals surface area contributed by atoms with Crippen molar-refractivity contribution in [1.29, 1.82) is 0 Å². The SMILES string of the molecule is CN(c1ccc(F)c(F)c1)c1ccc(Br)cc1N. The van der Waals surface area contributed by atoms with Gasteiger partial charge >= 0.3 is 0 Å². The zero-order valence-corrected chi connectivity index (χ0v) is 11.2. The Kier molecular flexibility index (Phi) is 3.52. The molecule has 0 aliphatic carbocycles. The van der Waals surface area contributed by atoms with Crippen LogP contribution in [0.4, 0.5) is 25.8 Å². The maximum absolute atomic E-state index is 13.2.